The van der Waals surface area contributed by atoms with E-state index < -0.39 is 67.7 Å². The summed E-state index contributed by atoms with van der Waals surface area (Å²) in [5, 5.41) is 17.0. The molecule has 0 aliphatic carbocycles. The third-order valence-electron chi connectivity index (χ3n) is 6.37. The first-order valence-electron chi connectivity index (χ1n) is 13.1. The van der Waals surface area contributed by atoms with Crippen molar-refractivity contribution in [1.29, 1.82) is 0 Å². The number of nitrogens with one attached hydrogen (secondary N) is 2. The lowest BCUT2D eigenvalue weighted by molar-refractivity contribution is -0.117. The minimum atomic E-state index is -4.88. The number of anilines is 5. The Bertz CT molecular complexity index is 2470. The SMILES string of the molecule is CC1=NN(c2cc(Cl)c(S(=O)(=O)O)cc2Cl)C(=O)C1N=Nc1cc(Nc2nc(Cl)nc(Nc3cccc(S(=O)(=O)O)c3)n2)ccc1S(=O)(=O)O. The number of azo groups is 1. The number of aromatic nitrogens is 3. The van der Waals surface area contributed by atoms with Gasteiger partial charge in [0.15, 0.2) is 6.04 Å². The average molecular weight is 807 g/mol. The highest BCUT2D eigenvalue weighted by Gasteiger charge is 2.36. The fourth-order valence-electron chi connectivity index (χ4n) is 4.21. The van der Waals surface area contributed by atoms with Crippen LogP contribution < -0.4 is 15.6 Å². The molecule has 1 unspecified atom stereocenters. The van der Waals surface area contributed by atoms with Gasteiger partial charge in [-0.1, -0.05) is 29.3 Å². The minimum Gasteiger partial charge on any atom is -0.324 e. The summed E-state index contributed by atoms with van der Waals surface area (Å²) in [7, 11) is -14.1. The highest BCUT2D eigenvalue weighted by Crippen LogP contribution is 2.37. The number of nitrogens with zero attached hydrogens (tertiary/aromatic N) is 7. The summed E-state index contributed by atoms with van der Waals surface area (Å²) < 4.78 is 98.8. The zero-order chi connectivity index (χ0) is 36.8. The summed E-state index contributed by atoms with van der Waals surface area (Å²) in [5.74, 6) is -1.21. The minimum absolute atomic E-state index is 0.0504. The Hall–Kier alpha value is -4.39. The van der Waals surface area contributed by atoms with E-state index in [0.29, 0.717) is 0 Å². The van der Waals surface area contributed by atoms with Crippen molar-refractivity contribution in [3.63, 3.8) is 0 Å². The normalized spacial score (nSPS) is 15.4. The van der Waals surface area contributed by atoms with E-state index in [1.807, 2.05) is 0 Å². The molecule has 0 radical (unpaired) electrons. The fourth-order valence-corrected chi connectivity index (χ4v) is 6.83. The number of benzene rings is 3. The standard InChI is InChI=1S/C25H18Cl3N9O10S3/c1-11-21(22(38)37(36-11)18-9-16(27)20(10-15(18)26)50(45,46)47)35-34-17-8-13(5-6-19(17)49(42,43)44)30-25-32-23(28)31-24(33-25)29-12-3-2-4-14(7-12)48(39,40)41/h2-10,21H,1H3,(H,39,40,41)(H,42,43,44)(H,45,46,47)(H2,29,30,31,32,33). The molecule has 5 rings (SSSR count). The molecule has 0 saturated heterocycles. The molecule has 1 aromatic heterocycles. The van der Waals surface area contributed by atoms with Crippen LogP contribution in [0.15, 0.2) is 84.6 Å². The van der Waals surface area contributed by atoms with Crippen molar-refractivity contribution >= 4 is 111 Å². The van der Waals surface area contributed by atoms with Gasteiger partial charge in [0.05, 0.1) is 26.3 Å². The Labute approximate surface area is 297 Å². The first-order chi connectivity index (χ1) is 23.2. The number of hydrogen-bond acceptors (Lipinski definition) is 15. The molecule has 1 atom stereocenters. The summed E-state index contributed by atoms with van der Waals surface area (Å²) in [6.45, 7) is 1.39. The maximum Gasteiger partial charge on any atom is 0.296 e. The molecule has 0 saturated carbocycles. The maximum absolute atomic E-state index is 13.3. The van der Waals surface area contributed by atoms with Gasteiger partial charge in [-0.3, -0.25) is 18.5 Å². The molecule has 0 fully saturated rings. The number of carbonyl (C=O) groups excluding carboxylic acids is 1. The largest absolute Gasteiger partial charge is 0.324 e. The summed E-state index contributed by atoms with van der Waals surface area (Å²) in [4.78, 5) is 23.4. The average Bonchev–Trinajstić information content (AvgIpc) is 3.27. The Morgan fingerprint density at radius 2 is 1.38 bits per heavy atom. The topological polar surface area (TPSA) is 283 Å². The van der Waals surface area contributed by atoms with E-state index in [1.165, 1.54) is 25.1 Å². The molecule has 25 heteroatoms. The molecule has 50 heavy (non-hydrogen) atoms. The van der Waals surface area contributed by atoms with Crippen LogP contribution in [0.3, 0.4) is 0 Å². The number of carbonyl (C=O) groups is 1. The van der Waals surface area contributed by atoms with Crippen molar-refractivity contribution in [3.8, 4) is 0 Å². The van der Waals surface area contributed by atoms with Crippen LogP contribution in [0.5, 0.6) is 0 Å². The van der Waals surface area contributed by atoms with E-state index in [1.54, 1.807) is 0 Å². The van der Waals surface area contributed by atoms with Gasteiger partial charge in [0.2, 0.25) is 17.2 Å². The number of halogens is 3. The van der Waals surface area contributed by atoms with Crippen molar-refractivity contribution in [2.24, 2.45) is 15.3 Å². The first kappa shape index (κ1) is 36.9. The predicted octanol–water partition coefficient (Wildman–Crippen LogP) is 4.93. The number of hydrogen-bond donors (Lipinski definition) is 5. The maximum atomic E-state index is 13.3. The molecule has 0 spiro atoms. The van der Waals surface area contributed by atoms with Crippen LogP contribution in [0.2, 0.25) is 15.3 Å². The van der Waals surface area contributed by atoms with E-state index in [-0.39, 0.29) is 45.0 Å². The highest BCUT2D eigenvalue weighted by atomic mass is 35.5. The van der Waals surface area contributed by atoms with Crippen LogP contribution >= 0.6 is 34.8 Å². The van der Waals surface area contributed by atoms with E-state index in [0.717, 1.165) is 41.4 Å². The van der Waals surface area contributed by atoms with Gasteiger partial charge in [0.1, 0.15) is 15.5 Å². The molecule has 1 amide bonds. The fraction of sp³-hybridized carbons (Fsp3) is 0.0800. The zero-order valence-electron chi connectivity index (χ0n) is 24.5. The molecule has 0 bridgehead atoms. The first-order valence-corrected chi connectivity index (χ1v) is 18.6. The number of rotatable bonds is 10. The Balaban J connectivity index is 1.42. The van der Waals surface area contributed by atoms with Crippen LogP contribution in [-0.4, -0.2) is 71.5 Å². The second kappa shape index (κ2) is 13.7. The summed E-state index contributed by atoms with van der Waals surface area (Å²) >= 11 is 18.1. The van der Waals surface area contributed by atoms with Gasteiger partial charge in [0, 0.05) is 11.4 Å². The van der Waals surface area contributed by atoms with Crippen molar-refractivity contribution in [2.75, 3.05) is 15.6 Å². The Kier molecular flexibility index (Phi) is 10.1. The quantitative estimate of drug-likeness (QED) is 0.105. The van der Waals surface area contributed by atoms with Crippen LogP contribution in [0.1, 0.15) is 6.92 Å². The lowest BCUT2D eigenvalue weighted by Crippen LogP contribution is -2.30. The smallest absolute Gasteiger partial charge is 0.296 e. The Morgan fingerprint density at radius 3 is 1.98 bits per heavy atom. The third kappa shape index (κ3) is 8.31. The van der Waals surface area contributed by atoms with E-state index in [9.17, 15) is 43.7 Å². The predicted molar refractivity (Wildman–Crippen MR) is 179 cm³/mol. The van der Waals surface area contributed by atoms with Gasteiger partial charge in [0.25, 0.3) is 36.3 Å². The van der Waals surface area contributed by atoms with E-state index in [4.69, 9.17) is 34.8 Å². The Morgan fingerprint density at radius 1 is 0.760 bits per heavy atom. The van der Waals surface area contributed by atoms with Crippen molar-refractivity contribution in [1.82, 2.24) is 15.0 Å². The van der Waals surface area contributed by atoms with Gasteiger partial charge in [-0.25, -0.2) is 0 Å². The molecular weight excluding hydrogens is 789 g/mol. The van der Waals surface area contributed by atoms with Crippen molar-refractivity contribution in [2.45, 2.75) is 27.7 Å². The molecule has 5 N–H and O–H groups in total. The third-order valence-corrected chi connectivity index (χ3v) is 9.91. The monoisotopic (exact) mass is 805 g/mol. The van der Waals surface area contributed by atoms with Gasteiger partial charge >= 0.3 is 0 Å². The summed E-state index contributed by atoms with van der Waals surface area (Å²) in [6, 6.07) is 8.72. The molecule has 3 aromatic carbocycles. The van der Waals surface area contributed by atoms with Gasteiger partial charge in [-0.15, -0.1) is 0 Å². The van der Waals surface area contributed by atoms with Crippen LogP contribution in [0, 0.1) is 0 Å². The van der Waals surface area contributed by atoms with Gasteiger partial charge in [-0.2, -0.15) is 60.5 Å². The highest BCUT2D eigenvalue weighted by molar-refractivity contribution is 7.86. The number of amides is 1. The molecular formula is C25H18Cl3N9O10S3. The molecule has 262 valence electrons. The molecule has 4 aromatic rings. The van der Waals surface area contributed by atoms with Gasteiger partial charge in [-0.05, 0) is 67.1 Å². The van der Waals surface area contributed by atoms with E-state index in [2.05, 4.69) is 40.9 Å². The van der Waals surface area contributed by atoms with E-state index >= 15 is 0 Å². The molecule has 2 heterocycles. The second-order valence-corrected chi connectivity index (χ2v) is 15.2. The summed E-state index contributed by atoms with van der Waals surface area (Å²) in [6.07, 6.45) is 0. The summed E-state index contributed by atoms with van der Waals surface area (Å²) in [5.41, 5.74) is -0.317. The van der Waals surface area contributed by atoms with Crippen LogP contribution in [-0.2, 0) is 35.1 Å². The number of hydrazone groups is 1. The second-order valence-electron chi connectivity index (χ2n) is 9.88. The zero-order valence-corrected chi connectivity index (χ0v) is 29.2. The van der Waals surface area contributed by atoms with Crippen LogP contribution in [0.25, 0.3) is 0 Å². The lowest BCUT2D eigenvalue weighted by Gasteiger charge is -2.15. The molecule has 19 nitrogen and oxygen atoms in total. The lowest BCUT2D eigenvalue weighted by atomic mass is 10.2. The van der Waals surface area contributed by atoms with Crippen LogP contribution in [0.4, 0.5) is 34.6 Å². The van der Waals surface area contributed by atoms with Crippen molar-refractivity contribution in [3.05, 3.63) is 69.9 Å². The molecule has 1 aliphatic rings. The van der Waals surface area contributed by atoms with Crippen molar-refractivity contribution < 1.29 is 43.7 Å². The van der Waals surface area contributed by atoms with Gasteiger partial charge < -0.3 is 10.6 Å². The molecule has 1 aliphatic heterocycles.